The quantitative estimate of drug-likeness (QED) is 0.290. The van der Waals surface area contributed by atoms with Gasteiger partial charge in [-0.3, -0.25) is 0 Å². The number of aromatic nitrogens is 1. The standard InChI is InChI=1S/C28H43N3O2/c1-19-6-9-24-23-8-7-20-16-21(10-13-28(20,3)25(23)11-14-27(19,24)2)30-32-15-12-22-17-29-26(33-22)18-31(4)5/h17,20,23-25H,1,6-16,18H2,2-5H3/t20?,23?,24?,25?,27-,28+/m1/s1. The minimum atomic E-state index is 0.427. The van der Waals surface area contributed by atoms with Crippen molar-refractivity contribution in [2.24, 2.45) is 39.7 Å². The fourth-order valence-corrected chi connectivity index (χ4v) is 8.14. The smallest absolute Gasteiger partial charge is 0.208 e. The molecule has 4 aliphatic carbocycles. The Balaban J connectivity index is 1.16. The maximum atomic E-state index is 5.78. The predicted octanol–water partition coefficient (Wildman–Crippen LogP) is 6.25. The molecule has 0 N–H and O–H groups in total. The van der Waals surface area contributed by atoms with Crippen molar-refractivity contribution in [3.05, 3.63) is 30.0 Å². The van der Waals surface area contributed by atoms with Crippen molar-refractivity contribution >= 4 is 5.71 Å². The molecule has 0 amide bonds. The molecule has 33 heavy (non-hydrogen) atoms. The topological polar surface area (TPSA) is 50.9 Å². The van der Waals surface area contributed by atoms with E-state index in [2.05, 4.69) is 35.5 Å². The number of hydrogen-bond acceptors (Lipinski definition) is 5. The zero-order valence-electron chi connectivity index (χ0n) is 21.2. The summed E-state index contributed by atoms with van der Waals surface area (Å²) >= 11 is 0. The van der Waals surface area contributed by atoms with Gasteiger partial charge in [-0.05, 0) is 106 Å². The van der Waals surface area contributed by atoms with Crippen LogP contribution in [0.1, 0.15) is 83.3 Å². The van der Waals surface area contributed by atoms with Gasteiger partial charge in [0.15, 0.2) is 0 Å². The number of hydrogen-bond donors (Lipinski definition) is 0. The van der Waals surface area contributed by atoms with E-state index >= 15 is 0 Å². The van der Waals surface area contributed by atoms with Crippen LogP contribution in [0.25, 0.3) is 0 Å². The third-order valence-electron chi connectivity index (χ3n) is 10.1. The molecular weight excluding hydrogens is 410 g/mol. The first-order valence-corrected chi connectivity index (χ1v) is 13.2. The molecule has 6 atom stereocenters. The van der Waals surface area contributed by atoms with Gasteiger partial charge in [-0.1, -0.05) is 31.2 Å². The van der Waals surface area contributed by atoms with E-state index in [0.717, 1.165) is 54.7 Å². The number of nitrogens with zero attached hydrogens (tertiary/aromatic N) is 3. The van der Waals surface area contributed by atoms with Crippen molar-refractivity contribution in [3.8, 4) is 0 Å². The Morgan fingerprint density at radius 2 is 2.00 bits per heavy atom. The molecular formula is C28H43N3O2. The number of oxazole rings is 1. The lowest BCUT2D eigenvalue weighted by Crippen LogP contribution is -2.52. The van der Waals surface area contributed by atoms with Crippen molar-refractivity contribution in [3.63, 3.8) is 0 Å². The van der Waals surface area contributed by atoms with Gasteiger partial charge in [0, 0.05) is 6.42 Å². The summed E-state index contributed by atoms with van der Waals surface area (Å²) in [7, 11) is 4.03. The van der Waals surface area contributed by atoms with E-state index in [1.165, 1.54) is 50.7 Å². The minimum absolute atomic E-state index is 0.427. The van der Waals surface area contributed by atoms with Crippen LogP contribution in [0, 0.1) is 34.5 Å². The van der Waals surface area contributed by atoms with E-state index in [0.29, 0.717) is 23.9 Å². The molecule has 5 nitrogen and oxygen atoms in total. The highest BCUT2D eigenvalue weighted by molar-refractivity contribution is 5.85. The molecule has 4 fully saturated rings. The summed E-state index contributed by atoms with van der Waals surface area (Å²) in [6.45, 7) is 10.9. The average molecular weight is 454 g/mol. The second kappa shape index (κ2) is 8.87. The lowest BCUT2D eigenvalue weighted by molar-refractivity contribution is -0.0859. The van der Waals surface area contributed by atoms with Gasteiger partial charge in [0.25, 0.3) is 0 Å². The van der Waals surface area contributed by atoms with Gasteiger partial charge in [0.1, 0.15) is 12.4 Å². The van der Waals surface area contributed by atoms with Gasteiger partial charge in [-0.25, -0.2) is 4.98 Å². The van der Waals surface area contributed by atoms with Crippen LogP contribution in [-0.4, -0.2) is 36.3 Å². The summed E-state index contributed by atoms with van der Waals surface area (Å²) in [5.41, 5.74) is 3.73. The SMILES string of the molecule is C=C1CCC2C3CCC4CC(=NOCCc5cnc(CN(C)C)o5)CC[C@]4(C)C3CC[C@]12C. The molecule has 0 radical (unpaired) electrons. The Morgan fingerprint density at radius 3 is 2.82 bits per heavy atom. The summed E-state index contributed by atoms with van der Waals surface area (Å²) in [6, 6.07) is 0. The second-order valence-electron chi connectivity index (χ2n) is 12.2. The van der Waals surface area contributed by atoms with E-state index in [9.17, 15) is 0 Å². The molecule has 4 aliphatic rings. The monoisotopic (exact) mass is 453 g/mol. The summed E-state index contributed by atoms with van der Waals surface area (Å²) in [5.74, 6) is 5.10. The first-order valence-electron chi connectivity index (χ1n) is 13.2. The van der Waals surface area contributed by atoms with Gasteiger partial charge in [-0.15, -0.1) is 0 Å². The predicted molar refractivity (Wildman–Crippen MR) is 132 cm³/mol. The normalized spacial score (nSPS) is 39.4. The van der Waals surface area contributed by atoms with Crippen LogP contribution >= 0.6 is 0 Å². The van der Waals surface area contributed by atoms with Crippen molar-refractivity contribution < 1.29 is 9.25 Å². The van der Waals surface area contributed by atoms with Crippen molar-refractivity contribution in [2.45, 2.75) is 84.6 Å². The number of fused-ring (bicyclic) bond motifs is 5. The highest BCUT2D eigenvalue weighted by Gasteiger charge is 2.58. The van der Waals surface area contributed by atoms with Crippen molar-refractivity contribution in [1.29, 1.82) is 0 Å². The Labute approximate surface area is 200 Å². The first-order chi connectivity index (χ1) is 15.8. The Bertz CT molecular complexity index is 905. The molecule has 1 aromatic heterocycles. The molecule has 0 saturated heterocycles. The minimum Gasteiger partial charge on any atom is -0.444 e. The van der Waals surface area contributed by atoms with Gasteiger partial charge >= 0.3 is 0 Å². The van der Waals surface area contributed by atoms with E-state index in [1.54, 1.807) is 5.57 Å². The number of allylic oxidation sites excluding steroid dienone is 1. The zero-order chi connectivity index (χ0) is 23.2. The third kappa shape index (κ3) is 4.19. The van der Waals surface area contributed by atoms with Gasteiger partial charge in [0.2, 0.25) is 5.89 Å². The molecule has 5 heteroatoms. The Morgan fingerprint density at radius 1 is 1.15 bits per heavy atom. The fourth-order valence-electron chi connectivity index (χ4n) is 8.14. The molecule has 0 aliphatic heterocycles. The Kier molecular flexibility index (Phi) is 6.22. The number of rotatable bonds is 6. The molecule has 1 aromatic rings. The molecule has 4 saturated carbocycles. The van der Waals surface area contributed by atoms with E-state index in [1.807, 2.05) is 20.3 Å². The molecule has 1 heterocycles. The number of oxime groups is 1. The van der Waals surface area contributed by atoms with Crippen LogP contribution in [0.2, 0.25) is 0 Å². The van der Waals surface area contributed by atoms with Gasteiger partial charge < -0.3 is 14.2 Å². The summed E-state index contributed by atoms with van der Waals surface area (Å²) in [5, 5.41) is 4.59. The van der Waals surface area contributed by atoms with E-state index in [4.69, 9.17) is 9.25 Å². The first kappa shape index (κ1) is 23.1. The van der Waals surface area contributed by atoms with Gasteiger partial charge in [-0.2, -0.15) is 0 Å². The third-order valence-corrected chi connectivity index (χ3v) is 10.1. The second-order valence-corrected chi connectivity index (χ2v) is 12.2. The van der Waals surface area contributed by atoms with Gasteiger partial charge in [0.05, 0.1) is 18.5 Å². The lowest BCUT2D eigenvalue weighted by Gasteiger charge is -2.60. The lowest BCUT2D eigenvalue weighted by atomic mass is 9.45. The maximum Gasteiger partial charge on any atom is 0.208 e. The van der Waals surface area contributed by atoms with Crippen molar-refractivity contribution in [2.75, 3.05) is 20.7 Å². The molecule has 182 valence electrons. The van der Waals surface area contributed by atoms with Crippen LogP contribution in [0.15, 0.2) is 27.9 Å². The van der Waals surface area contributed by atoms with E-state index in [-0.39, 0.29) is 0 Å². The van der Waals surface area contributed by atoms with E-state index < -0.39 is 0 Å². The van der Waals surface area contributed by atoms with Crippen LogP contribution < -0.4 is 0 Å². The highest BCUT2D eigenvalue weighted by atomic mass is 16.6. The fraction of sp³-hybridized carbons (Fsp3) is 0.786. The zero-order valence-corrected chi connectivity index (χ0v) is 21.2. The van der Waals surface area contributed by atoms with Crippen molar-refractivity contribution in [1.82, 2.24) is 9.88 Å². The highest BCUT2D eigenvalue weighted by Crippen LogP contribution is 2.66. The molecule has 4 unspecified atom stereocenters. The summed E-state index contributed by atoms with van der Waals surface area (Å²) in [4.78, 5) is 12.1. The molecule has 5 rings (SSSR count). The summed E-state index contributed by atoms with van der Waals surface area (Å²) in [6.07, 6.45) is 14.2. The largest absolute Gasteiger partial charge is 0.444 e. The van der Waals surface area contributed by atoms with Crippen LogP contribution in [0.5, 0.6) is 0 Å². The maximum absolute atomic E-state index is 5.78. The van der Waals surface area contributed by atoms with Crippen LogP contribution in [0.4, 0.5) is 0 Å². The summed E-state index contributed by atoms with van der Waals surface area (Å²) < 4.78 is 5.78. The Hall–Kier alpha value is -1.62. The van der Waals surface area contributed by atoms with Crippen LogP contribution in [0.3, 0.4) is 0 Å². The molecule has 0 spiro atoms. The molecule has 0 aromatic carbocycles. The average Bonchev–Trinajstić information content (AvgIpc) is 3.34. The van der Waals surface area contributed by atoms with Crippen LogP contribution in [-0.2, 0) is 17.8 Å². The molecule has 0 bridgehead atoms.